The first-order valence-electron chi connectivity index (χ1n) is 12.0. The molecule has 0 aromatic rings. The van der Waals surface area contributed by atoms with Gasteiger partial charge in [0.15, 0.2) is 0 Å². The topological polar surface area (TPSA) is 6.48 Å². The lowest BCUT2D eigenvalue weighted by atomic mass is 10.1. The largest absolute Gasteiger partial charge is 0.356 e. The average molecular weight is 365 g/mol. The molecule has 0 bridgehead atoms. The van der Waals surface area contributed by atoms with Gasteiger partial charge in [0.2, 0.25) is 0 Å². The fourth-order valence-corrected chi connectivity index (χ4v) is 4.07. The Kier molecular flexibility index (Phi) is 14.8. The summed E-state index contributed by atoms with van der Waals surface area (Å²) in [5.41, 5.74) is 0. The lowest BCUT2D eigenvalue weighted by Gasteiger charge is -2.33. The van der Waals surface area contributed by atoms with Gasteiger partial charge in [-0.2, -0.15) is 0 Å². The van der Waals surface area contributed by atoms with Crippen molar-refractivity contribution in [1.82, 2.24) is 9.80 Å². The first-order chi connectivity index (χ1) is 12.8. The van der Waals surface area contributed by atoms with Crippen LogP contribution in [-0.4, -0.2) is 29.1 Å². The Labute approximate surface area is 165 Å². The van der Waals surface area contributed by atoms with Gasteiger partial charge in [0.1, 0.15) is 6.17 Å². The van der Waals surface area contributed by atoms with E-state index in [1.165, 1.54) is 116 Å². The summed E-state index contributed by atoms with van der Waals surface area (Å²) in [6, 6.07) is 0. The van der Waals surface area contributed by atoms with Crippen LogP contribution in [0.15, 0.2) is 12.4 Å². The van der Waals surface area contributed by atoms with E-state index in [4.69, 9.17) is 0 Å². The Morgan fingerprint density at radius 3 is 1.35 bits per heavy atom. The third-order valence-corrected chi connectivity index (χ3v) is 5.82. The van der Waals surface area contributed by atoms with E-state index in [-0.39, 0.29) is 0 Å². The molecular formula is C24H48N2. The van der Waals surface area contributed by atoms with E-state index in [1.807, 2.05) is 0 Å². The Hall–Kier alpha value is -0.660. The molecule has 1 rings (SSSR count). The van der Waals surface area contributed by atoms with Crippen molar-refractivity contribution in [3.63, 3.8) is 0 Å². The van der Waals surface area contributed by atoms with Crippen LogP contribution in [0.25, 0.3) is 0 Å². The quantitative estimate of drug-likeness (QED) is 0.230. The van der Waals surface area contributed by atoms with Gasteiger partial charge in [0.05, 0.1) is 0 Å². The van der Waals surface area contributed by atoms with Crippen molar-refractivity contribution in [2.75, 3.05) is 13.1 Å². The highest BCUT2D eigenvalue weighted by molar-refractivity contribution is 4.96. The highest BCUT2D eigenvalue weighted by atomic mass is 15.4. The summed E-state index contributed by atoms with van der Waals surface area (Å²) in [4.78, 5) is 5.29. The van der Waals surface area contributed by atoms with E-state index in [0.29, 0.717) is 6.17 Å². The first kappa shape index (κ1) is 23.4. The molecule has 1 atom stereocenters. The second-order valence-electron chi connectivity index (χ2n) is 8.29. The van der Waals surface area contributed by atoms with E-state index >= 15 is 0 Å². The van der Waals surface area contributed by atoms with Crippen molar-refractivity contribution >= 4 is 0 Å². The second-order valence-corrected chi connectivity index (χ2v) is 8.29. The van der Waals surface area contributed by atoms with Crippen molar-refractivity contribution in [1.29, 1.82) is 0 Å². The van der Waals surface area contributed by atoms with Crippen LogP contribution >= 0.6 is 0 Å². The summed E-state index contributed by atoms with van der Waals surface area (Å²) < 4.78 is 0. The molecule has 0 aliphatic carbocycles. The molecule has 1 heterocycles. The molecule has 1 aliphatic rings. The molecule has 2 nitrogen and oxygen atoms in total. The van der Waals surface area contributed by atoms with Gasteiger partial charge < -0.3 is 9.80 Å². The van der Waals surface area contributed by atoms with E-state index in [1.54, 1.807) is 0 Å². The maximum absolute atomic E-state index is 2.65. The van der Waals surface area contributed by atoms with E-state index < -0.39 is 0 Å². The highest BCUT2D eigenvalue weighted by Gasteiger charge is 2.24. The Bertz CT molecular complexity index is 326. The molecule has 0 spiro atoms. The van der Waals surface area contributed by atoms with Crippen LogP contribution in [0.2, 0.25) is 0 Å². The molecule has 0 saturated heterocycles. The Morgan fingerprint density at radius 1 is 0.500 bits per heavy atom. The van der Waals surface area contributed by atoms with Gasteiger partial charge in [-0.25, -0.2) is 0 Å². The van der Waals surface area contributed by atoms with Crippen LogP contribution < -0.4 is 0 Å². The molecule has 0 N–H and O–H groups in total. The smallest absolute Gasteiger partial charge is 0.101 e. The maximum Gasteiger partial charge on any atom is 0.101 e. The normalized spacial score (nSPS) is 16.8. The van der Waals surface area contributed by atoms with Gasteiger partial charge in [0, 0.05) is 25.5 Å². The van der Waals surface area contributed by atoms with Crippen LogP contribution in [-0.2, 0) is 0 Å². The zero-order valence-electron chi connectivity index (χ0n) is 18.4. The molecular weight excluding hydrogens is 316 g/mol. The third-order valence-electron chi connectivity index (χ3n) is 5.82. The molecule has 1 aliphatic heterocycles. The van der Waals surface area contributed by atoms with Crippen LogP contribution in [0.4, 0.5) is 0 Å². The number of hydrogen-bond donors (Lipinski definition) is 0. The van der Waals surface area contributed by atoms with Gasteiger partial charge in [-0.05, 0) is 25.7 Å². The minimum absolute atomic E-state index is 0.646. The third kappa shape index (κ3) is 10.5. The second kappa shape index (κ2) is 16.5. The van der Waals surface area contributed by atoms with Crippen LogP contribution in [0.5, 0.6) is 0 Å². The van der Waals surface area contributed by atoms with E-state index in [2.05, 4.69) is 43.0 Å². The molecule has 0 aromatic carbocycles. The Morgan fingerprint density at radius 2 is 0.885 bits per heavy atom. The van der Waals surface area contributed by atoms with E-state index in [0.717, 1.165) is 0 Å². The van der Waals surface area contributed by atoms with Gasteiger partial charge >= 0.3 is 0 Å². The molecule has 0 aromatic heterocycles. The molecule has 2 heteroatoms. The van der Waals surface area contributed by atoms with Crippen LogP contribution in [0, 0.1) is 0 Å². The zero-order chi connectivity index (χ0) is 18.9. The number of rotatable bonds is 18. The fraction of sp³-hybridized carbons (Fsp3) is 0.917. The predicted octanol–water partition coefficient (Wildman–Crippen LogP) is 7.70. The number of unbranched alkanes of at least 4 members (excludes halogenated alkanes) is 12. The van der Waals surface area contributed by atoms with Crippen molar-refractivity contribution < 1.29 is 0 Å². The molecule has 154 valence electrons. The summed E-state index contributed by atoms with van der Waals surface area (Å²) in [5.74, 6) is 0. The maximum atomic E-state index is 2.65. The standard InChI is InChI=1S/C24H48N2/c1-4-7-10-12-13-15-18-21-26-23-22-25(20-17-14-11-8-5-2)24(26)19-16-9-6-3/h22-24H,4-21H2,1-3H3. The SMILES string of the molecule is CCCCCCCCCN1C=CN(CCCCCCC)C1CCCCC. The zero-order valence-corrected chi connectivity index (χ0v) is 18.4. The summed E-state index contributed by atoms with van der Waals surface area (Å²) in [6.45, 7) is 9.43. The van der Waals surface area contributed by atoms with Gasteiger partial charge in [-0.1, -0.05) is 97.8 Å². The number of nitrogens with zero attached hydrogens (tertiary/aromatic N) is 2. The van der Waals surface area contributed by atoms with Crippen LogP contribution in [0.1, 0.15) is 124 Å². The molecule has 0 saturated carbocycles. The summed E-state index contributed by atoms with van der Waals surface area (Å²) in [7, 11) is 0. The molecule has 0 fully saturated rings. The predicted molar refractivity (Wildman–Crippen MR) is 117 cm³/mol. The first-order valence-corrected chi connectivity index (χ1v) is 12.0. The van der Waals surface area contributed by atoms with Crippen LogP contribution in [0.3, 0.4) is 0 Å². The Balaban J connectivity index is 2.27. The summed E-state index contributed by atoms with van der Waals surface area (Å²) in [6.07, 6.45) is 27.6. The van der Waals surface area contributed by atoms with E-state index in [9.17, 15) is 0 Å². The highest BCUT2D eigenvalue weighted by Crippen LogP contribution is 2.23. The van der Waals surface area contributed by atoms with Crippen molar-refractivity contribution in [2.45, 2.75) is 130 Å². The van der Waals surface area contributed by atoms with Crippen molar-refractivity contribution in [2.24, 2.45) is 0 Å². The molecule has 1 unspecified atom stereocenters. The minimum Gasteiger partial charge on any atom is -0.356 e. The molecule has 0 radical (unpaired) electrons. The van der Waals surface area contributed by atoms with Crippen molar-refractivity contribution in [3.8, 4) is 0 Å². The van der Waals surface area contributed by atoms with Gasteiger partial charge in [-0.3, -0.25) is 0 Å². The number of hydrogen-bond acceptors (Lipinski definition) is 2. The lowest BCUT2D eigenvalue weighted by Crippen LogP contribution is -2.39. The lowest BCUT2D eigenvalue weighted by molar-refractivity contribution is 0.135. The summed E-state index contributed by atoms with van der Waals surface area (Å²) >= 11 is 0. The minimum atomic E-state index is 0.646. The average Bonchev–Trinajstić information content (AvgIpc) is 3.03. The fourth-order valence-electron chi connectivity index (χ4n) is 4.07. The van der Waals surface area contributed by atoms with Crippen molar-refractivity contribution in [3.05, 3.63) is 12.4 Å². The molecule has 0 amide bonds. The summed E-state index contributed by atoms with van der Waals surface area (Å²) in [5, 5.41) is 0. The molecule has 26 heavy (non-hydrogen) atoms. The van der Waals surface area contributed by atoms with Gasteiger partial charge in [-0.15, -0.1) is 0 Å². The monoisotopic (exact) mass is 364 g/mol. The van der Waals surface area contributed by atoms with Gasteiger partial charge in [0.25, 0.3) is 0 Å².